The molecule has 0 saturated carbocycles. The third-order valence-electron chi connectivity index (χ3n) is 4.46. The summed E-state index contributed by atoms with van der Waals surface area (Å²) in [6.45, 7) is 8.17. The molecule has 3 rings (SSSR count). The van der Waals surface area contributed by atoms with Gasteiger partial charge in [0.25, 0.3) is 5.91 Å². The summed E-state index contributed by atoms with van der Waals surface area (Å²) in [4.78, 5) is 12.9. The Balaban J connectivity index is 1.97. The second-order valence-corrected chi connectivity index (χ2v) is 7.57. The highest BCUT2D eigenvalue weighted by Crippen LogP contribution is 2.34. The number of phenolic OH excluding ortho intramolecular Hbond substituents is 1. The van der Waals surface area contributed by atoms with Gasteiger partial charge in [-0.05, 0) is 97.3 Å². The molecule has 6 heteroatoms. The number of hydrogen-bond donors (Lipinski definition) is 1. The van der Waals surface area contributed by atoms with Crippen molar-refractivity contribution in [2.75, 3.05) is 11.6 Å². The van der Waals surface area contributed by atoms with Gasteiger partial charge in [0, 0.05) is 0 Å². The van der Waals surface area contributed by atoms with E-state index in [0.717, 1.165) is 16.8 Å². The van der Waals surface area contributed by atoms with Gasteiger partial charge in [0.1, 0.15) is 0 Å². The van der Waals surface area contributed by atoms with Crippen molar-refractivity contribution in [3.05, 3.63) is 56.2 Å². The Bertz CT molecular complexity index is 980. The van der Waals surface area contributed by atoms with Crippen molar-refractivity contribution in [3.63, 3.8) is 0 Å². The fraction of sp³-hybridized carbons (Fsp3) is 0.238. The minimum absolute atomic E-state index is 0.111. The van der Waals surface area contributed by atoms with E-state index in [2.05, 4.69) is 5.10 Å². The van der Waals surface area contributed by atoms with Gasteiger partial charge >= 0.3 is 0 Å². The zero-order valence-electron chi connectivity index (χ0n) is 15.7. The Kier molecular flexibility index (Phi) is 5.55. The molecular weight excluding hydrogens is 455 g/mol. The molecule has 0 saturated heterocycles. The van der Waals surface area contributed by atoms with Gasteiger partial charge in [0.15, 0.2) is 11.5 Å². The van der Waals surface area contributed by atoms with Crippen LogP contribution in [0.5, 0.6) is 11.5 Å². The van der Waals surface area contributed by atoms with E-state index in [1.165, 1.54) is 10.6 Å². The molecule has 1 heterocycles. The normalized spacial score (nSPS) is 15.4. The molecule has 5 nitrogen and oxygen atoms in total. The summed E-state index contributed by atoms with van der Waals surface area (Å²) >= 11 is 2.05. The maximum absolute atomic E-state index is 12.9. The van der Waals surface area contributed by atoms with Crippen LogP contribution in [0, 0.1) is 17.4 Å². The SMILES string of the molecule is CCOc1cc(C=C2C(=O)N(c3ccc(C)c(C)c3)N=C2C)cc(I)c1O. The molecule has 1 aliphatic rings. The molecule has 1 aliphatic heterocycles. The Morgan fingerprint density at radius 3 is 2.59 bits per heavy atom. The molecule has 140 valence electrons. The molecule has 0 aliphatic carbocycles. The lowest BCUT2D eigenvalue weighted by atomic mass is 10.1. The predicted molar refractivity (Wildman–Crippen MR) is 116 cm³/mol. The molecular formula is C21H21IN2O3. The van der Waals surface area contributed by atoms with Crippen molar-refractivity contribution in [3.8, 4) is 11.5 Å². The summed E-state index contributed by atoms with van der Waals surface area (Å²) in [5.74, 6) is 0.346. The van der Waals surface area contributed by atoms with Crippen LogP contribution in [0.25, 0.3) is 6.08 Å². The lowest BCUT2D eigenvalue weighted by Crippen LogP contribution is -2.21. The van der Waals surface area contributed by atoms with E-state index in [4.69, 9.17) is 4.74 Å². The van der Waals surface area contributed by atoms with Crippen LogP contribution in [0.4, 0.5) is 5.69 Å². The Morgan fingerprint density at radius 1 is 1.19 bits per heavy atom. The number of benzene rings is 2. The van der Waals surface area contributed by atoms with Gasteiger partial charge in [-0.3, -0.25) is 4.79 Å². The van der Waals surface area contributed by atoms with Crippen LogP contribution in [0.2, 0.25) is 0 Å². The number of nitrogens with zero attached hydrogens (tertiary/aromatic N) is 2. The zero-order valence-corrected chi connectivity index (χ0v) is 17.9. The Labute approximate surface area is 172 Å². The Hall–Kier alpha value is -2.35. The molecule has 2 aromatic rings. The van der Waals surface area contributed by atoms with Gasteiger partial charge in [-0.2, -0.15) is 10.1 Å². The van der Waals surface area contributed by atoms with Crippen molar-refractivity contribution in [2.24, 2.45) is 5.10 Å². The van der Waals surface area contributed by atoms with E-state index < -0.39 is 0 Å². The summed E-state index contributed by atoms with van der Waals surface area (Å²) in [6, 6.07) is 9.39. The largest absolute Gasteiger partial charge is 0.504 e. The van der Waals surface area contributed by atoms with E-state index in [1.807, 2.05) is 74.6 Å². The first kappa shape index (κ1) is 19.4. The zero-order chi connectivity index (χ0) is 19.7. The molecule has 1 N–H and O–H groups in total. The van der Waals surface area contributed by atoms with Crippen LogP contribution in [-0.2, 0) is 4.79 Å². The lowest BCUT2D eigenvalue weighted by Gasteiger charge is -2.13. The second-order valence-electron chi connectivity index (χ2n) is 6.41. The van der Waals surface area contributed by atoms with Crippen molar-refractivity contribution in [1.29, 1.82) is 0 Å². The number of hydrogen-bond acceptors (Lipinski definition) is 4. The topological polar surface area (TPSA) is 62.1 Å². The summed E-state index contributed by atoms with van der Waals surface area (Å²) in [5.41, 5.74) is 4.99. The predicted octanol–water partition coefficient (Wildman–Crippen LogP) is 4.82. The number of halogens is 1. The Morgan fingerprint density at radius 2 is 1.93 bits per heavy atom. The second kappa shape index (κ2) is 7.72. The number of ether oxygens (including phenoxy) is 1. The summed E-state index contributed by atoms with van der Waals surface area (Å²) in [5, 5.41) is 16.0. The van der Waals surface area contributed by atoms with Crippen LogP contribution in [0.1, 0.15) is 30.5 Å². The van der Waals surface area contributed by atoms with Crippen LogP contribution in [-0.4, -0.2) is 23.3 Å². The van der Waals surface area contributed by atoms with Crippen molar-refractivity contribution >= 4 is 46.0 Å². The van der Waals surface area contributed by atoms with Gasteiger partial charge in [0.05, 0.1) is 27.1 Å². The van der Waals surface area contributed by atoms with Gasteiger partial charge in [-0.1, -0.05) is 6.07 Å². The molecule has 2 aromatic carbocycles. The monoisotopic (exact) mass is 476 g/mol. The molecule has 0 unspecified atom stereocenters. The van der Waals surface area contributed by atoms with Crippen LogP contribution in [0.3, 0.4) is 0 Å². The summed E-state index contributed by atoms with van der Waals surface area (Å²) in [6.07, 6.45) is 1.78. The molecule has 0 aromatic heterocycles. The summed E-state index contributed by atoms with van der Waals surface area (Å²) < 4.78 is 6.14. The number of phenols is 1. The van der Waals surface area contributed by atoms with E-state index >= 15 is 0 Å². The molecule has 0 radical (unpaired) electrons. The van der Waals surface area contributed by atoms with Gasteiger partial charge in [0.2, 0.25) is 0 Å². The quantitative estimate of drug-likeness (QED) is 0.509. The van der Waals surface area contributed by atoms with Crippen LogP contribution >= 0.6 is 22.6 Å². The maximum Gasteiger partial charge on any atom is 0.280 e. The number of rotatable bonds is 4. The van der Waals surface area contributed by atoms with Gasteiger partial charge in [-0.15, -0.1) is 0 Å². The van der Waals surface area contributed by atoms with Gasteiger partial charge in [-0.25, -0.2) is 0 Å². The van der Waals surface area contributed by atoms with Crippen LogP contribution < -0.4 is 9.75 Å². The molecule has 0 fully saturated rings. The van der Waals surface area contributed by atoms with E-state index in [0.29, 0.717) is 27.2 Å². The minimum atomic E-state index is -0.170. The lowest BCUT2D eigenvalue weighted by molar-refractivity contribution is -0.114. The minimum Gasteiger partial charge on any atom is -0.504 e. The number of aryl methyl sites for hydroxylation is 2. The smallest absolute Gasteiger partial charge is 0.280 e. The maximum atomic E-state index is 12.9. The number of aromatic hydroxyl groups is 1. The summed E-state index contributed by atoms with van der Waals surface area (Å²) in [7, 11) is 0. The first-order chi connectivity index (χ1) is 12.8. The molecule has 0 bridgehead atoms. The highest BCUT2D eigenvalue weighted by Gasteiger charge is 2.29. The highest BCUT2D eigenvalue weighted by atomic mass is 127. The average Bonchev–Trinajstić information content (AvgIpc) is 2.90. The number of carbonyl (C=O) groups excluding carboxylic acids is 1. The molecule has 0 atom stereocenters. The third-order valence-corrected chi connectivity index (χ3v) is 5.28. The van der Waals surface area contributed by atoms with E-state index in [1.54, 1.807) is 12.1 Å². The van der Waals surface area contributed by atoms with Crippen molar-refractivity contribution < 1.29 is 14.6 Å². The number of hydrazone groups is 1. The van der Waals surface area contributed by atoms with E-state index in [-0.39, 0.29) is 11.7 Å². The molecule has 0 spiro atoms. The molecule has 1 amide bonds. The third kappa shape index (κ3) is 3.85. The van der Waals surface area contributed by atoms with Gasteiger partial charge < -0.3 is 9.84 Å². The number of carbonyl (C=O) groups is 1. The fourth-order valence-corrected chi connectivity index (χ4v) is 3.45. The molecule has 27 heavy (non-hydrogen) atoms. The number of amides is 1. The van der Waals surface area contributed by atoms with Crippen molar-refractivity contribution in [2.45, 2.75) is 27.7 Å². The first-order valence-corrected chi connectivity index (χ1v) is 9.74. The van der Waals surface area contributed by atoms with Crippen molar-refractivity contribution in [1.82, 2.24) is 0 Å². The fourth-order valence-electron chi connectivity index (χ4n) is 2.83. The highest BCUT2D eigenvalue weighted by molar-refractivity contribution is 14.1. The van der Waals surface area contributed by atoms with Crippen LogP contribution in [0.15, 0.2) is 41.0 Å². The van der Waals surface area contributed by atoms with E-state index in [9.17, 15) is 9.90 Å². The standard InChI is InChI=1S/C21H21IN2O3/c1-5-27-19-11-15(10-18(22)20(19)25)9-17-14(4)23-24(21(17)26)16-7-6-12(2)13(3)8-16/h6-11,25H,5H2,1-4H3. The first-order valence-electron chi connectivity index (χ1n) is 8.66. The average molecular weight is 476 g/mol. The number of anilines is 1.